The van der Waals surface area contributed by atoms with E-state index < -0.39 is 0 Å². The third-order valence-electron chi connectivity index (χ3n) is 3.76. The van der Waals surface area contributed by atoms with Gasteiger partial charge >= 0.3 is 0 Å². The molecule has 0 saturated carbocycles. The van der Waals surface area contributed by atoms with Crippen LogP contribution in [0.15, 0.2) is 36.5 Å². The van der Waals surface area contributed by atoms with Gasteiger partial charge in [-0.15, -0.1) is 0 Å². The lowest BCUT2D eigenvalue weighted by atomic mass is 9.77. The van der Waals surface area contributed by atoms with Gasteiger partial charge in [0.2, 0.25) is 0 Å². The van der Waals surface area contributed by atoms with Gasteiger partial charge in [0, 0.05) is 24.2 Å². The Morgan fingerprint density at radius 2 is 2.25 bits per heavy atom. The van der Waals surface area contributed by atoms with Crippen LogP contribution in [0.3, 0.4) is 0 Å². The van der Waals surface area contributed by atoms with Crippen molar-refractivity contribution in [1.82, 2.24) is 4.98 Å². The van der Waals surface area contributed by atoms with E-state index in [0.29, 0.717) is 17.3 Å². The Hall–Kier alpha value is -2.43. The second-order valence-electron chi connectivity index (χ2n) is 5.09. The molecule has 1 unspecified atom stereocenters. The zero-order valence-electron chi connectivity index (χ0n) is 11.2. The molecule has 1 heterocycles. The molecule has 3 rings (SSSR count). The van der Waals surface area contributed by atoms with Crippen LogP contribution in [-0.2, 0) is 6.42 Å². The second-order valence-corrected chi connectivity index (χ2v) is 5.09. The van der Waals surface area contributed by atoms with E-state index in [4.69, 9.17) is 0 Å². The molecule has 0 bridgehead atoms. The fourth-order valence-electron chi connectivity index (χ4n) is 2.58. The van der Waals surface area contributed by atoms with Crippen molar-refractivity contribution >= 4 is 11.5 Å². The highest BCUT2D eigenvalue weighted by Crippen LogP contribution is 2.34. The summed E-state index contributed by atoms with van der Waals surface area (Å²) < 4.78 is 0. The van der Waals surface area contributed by atoms with Gasteiger partial charge < -0.3 is 5.32 Å². The van der Waals surface area contributed by atoms with Crippen LogP contribution < -0.4 is 5.32 Å². The molecular weight excluding hydrogens is 254 g/mol. The van der Waals surface area contributed by atoms with E-state index in [0.717, 1.165) is 13.0 Å². The van der Waals surface area contributed by atoms with E-state index >= 15 is 0 Å². The summed E-state index contributed by atoms with van der Waals surface area (Å²) in [7, 11) is 0. The van der Waals surface area contributed by atoms with E-state index in [2.05, 4.69) is 22.4 Å². The maximum Gasteiger partial charge on any atom is 0.277 e. The van der Waals surface area contributed by atoms with E-state index in [-0.39, 0.29) is 10.6 Å². The van der Waals surface area contributed by atoms with Crippen LogP contribution in [0.2, 0.25) is 0 Å². The number of hydrogen-bond donors (Lipinski definition) is 1. The normalized spacial score (nSPS) is 16.1. The molecule has 1 atom stereocenters. The molecule has 1 aromatic carbocycles. The maximum absolute atomic E-state index is 10.9. The van der Waals surface area contributed by atoms with Crippen molar-refractivity contribution in [2.75, 3.05) is 11.9 Å². The summed E-state index contributed by atoms with van der Waals surface area (Å²) in [5.74, 6) is 1.03. The summed E-state index contributed by atoms with van der Waals surface area (Å²) in [6.45, 7) is 2.45. The number of rotatable bonds is 4. The fourth-order valence-corrected chi connectivity index (χ4v) is 2.58. The summed E-state index contributed by atoms with van der Waals surface area (Å²) in [6, 6.07) is 9.87. The summed E-state index contributed by atoms with van der Waals surface area (Å²) in [5.41, 5.74) is 3.44. The predicted octanol–water partition coefficient (Wildman–Crippen LogP) is 3.05. The molecule has 1 N–H and O–H groups in total. The predicted molar refractivity (Wildman–Crippen MR) is 77.0 cm³/mol. The summed E-state index contributed by atoms with van der Waals surface area (Å²) >= 11 is 0. The molecule has 0 aliphatic heterocycles. The molecule has 0 fully saturated rings. The number of aryl methyl sites for hydroxylation is 1. The Morgan fingerprint density at radius 3 is 3.00 bits per heavy atom. The number of aromatic nitrogens is 1. The molecule has 1 aromatic heterocycles. The van der Waals surface area contributed by atoms with E-state index in [9.17, 15) is 10.1 Å². The van der Waals surface area contributed by atoms with Crippen molar-refractivity contribution in [1.29, 1.82) is 0 Å². The van der Waals surface area contributed by atoms with Gasteiger partial charge in [-0.25, -0.2) is 4.98 Å². The van der Waals surface area contributed by atoms with E-state index in [1.807, 2.05) is 12.1 Å². The number of nitro groups is 1. The Kier molecular flexibility index (Phi) is 3.10. The molecule has 102 valence electrons. The lowest BCUT2D eigenvalue weighted by Crippen LogP contribution is -2.24. The Labute approximate surface area is 116 Å². The standard InChI is InChI=1S/C15H15N3O2/c1-10-8-16-15(7-14(10)18(19)20)17-9-12-6-11-4-2-3-5-13(11)12/h2-5,7-8,12H,6,9H2,1H3,(H,16,17). The maximum atomic E-state index is 10.9. The summed E-state index contributed by atoms with van der Waals surface area (Å²) in [4.78, 5) is 14.7. The van der Waals surface area contributed by atoms with Gasteiger partial charge in [0.05, 0.1) is 11.0 Å². The van der Waals surface area contributed by atoms with Crippen molar-refractivity contribution in [2.45, 2.75) is 19.3 Å². The number of benzene rings is 1. The first-order valence-electron chi connectivity index (χ1n) is 6.58. The number of anilines is 1. The van der Waals surface area contributed by atoms with Gasteiger partial charge in [0.25, 0.3) is 5.69 Å². The average Bonchev–Trinajstić information content (AvgIpc) is 2.41. The summed E-state index contributed by atoms with van der Waals surface area (Å²) in [5, 5.41) is 14.1. The largest absolute Gasteiger partial charge is 0.369 e. The van der Waals surface area contributed by atoms with Gasteiger partial charge in [0.1, 0.15) is 5.82 Å². The third-order valence-corrected chi connectivity index (χ3v) is 3.76. The minimum Gasteiger partial charge on any atom is -0.369 e. The first-order chi connectivity index (χ1) is 9.65. The molecule has 5 heteroatoms. The van der Waals surface area contributed by atoms with Crippen LogP contribution in [-0.4, -0.2) is 16.5 Å². The van der Waals surface area contributed by atoms with Crippen LogP contribution in [0, 0.1) is 17.0 Å². The number of pyridine rings is 1. The SMILES string of the molecule is Cc1cnc(NCC2Cc3ccccc32)cc1[N+](=O)[O-]. The minimum atomic E-state index is -0.374. The highest BCUT2D eigenvalue weighted by molar-refractivity contribution is 5.50. The van der Waals surface area contributed by atoms with Gasteiger partial charge in [-0.1, -0.05) is 24.3 Å². The highest BCUT2D eigenvalue weighted by Gasteiger charge is 2.25. The van der Waals surface area contributed by atoms with Gasteiger partial charge in [0.15, 0.2) is 0 Å². The monoisotopic (exact) mass is 269 g/mol. The van der Waals surface area contributed by atoms with E-state index in [1.165, 1.54) is 23.4 Å². The van der Waals surface area contributed by atoms with Crippen LogP contribution in [0.1, 0.15) is 22.6 Å². The topological polar surface area (TPSA) is 68.1 Å². The highest BCUT2D eigenvalue weighted by atomic mass is 16.6. The smallest absolute Gasteiger partial charge is 0.277 e. The minimum absolute atomic E-state index is 0.108. The fraction of sp³-hybridized carbons (Fsp3) is 0.267. The van der Waals surface area contributed by atoms with E-state index in [1.54, 1.807) is 6.92 Å². The van der Waals surface area contributed by atoms with Crippen molar-refractivity contribution in [3.63, 3.8) is 0 Å². The zero-order valence-corrected chi connectivity index (χ0v) is 11.2. The summed E-state index contributed by atoms with van der Waals surface area (Å²) in [6.07, 6.45) is 2.59. The average molecular weight is 269 g/mol. The lowest BCUT2D eigenvalue weighted by Gasteiger charge is -2.30. The molecular formula is C15H15N3O2. The zero-order chi connectivity index (χ0) is 14.1. The Morgan fingerprint density at radius 1 is 1.45 bits per heavy atom. The molecule has 0 amide bonds. The molecule has 1 aliphatic rings. The molecule has 0 spiro atoms. The van der Waals surface area contributed by atoms with Gasteiger partial charge in [-0.3, -0.25) is 10.1 Å². The third kappa shape index (κ3) is 2.22. The second kappa shape index (κ2) is 4.92. The van der Waals surface area contributed by atoms with Crippen LogP contribution in [0.5, 0.6) is 0 Å². The lowest BCUT2D eigenvalue weighted by molar-refractivity contribution is -0.385. The molecule has 1 aliphatic carbocycles. The number of nitrogens with zero attached hydrogens (tertiary/aromatic N) is 2. The molecule has 0 saturated heterocycles. The first kappa shape index (κ1) is 12.6. The van der Waals surface area contributed by atoms with Crippen LogP contribution >= 0.6 is 0 Å². The van der Waals surface area contributed by atoms with Crippen LogP contribution in [0.4, 0.5) is 11.5 Å². The van der Waals surface area contributed by atoms with Crippen molar-refractivity contribution in [2.24, 2.45) is 0 Å². The van der Waals surface area contributed by atoms with Crippen LogP contribution in [0.25, 0.3) is 0 Å². The Bertz CT molecular complexity index is 670. The van der Waals surface area contributed by atoms with Gasteiger partial charge in [-0.05, 0) is 24.5 Å². The number of hydrogen-bond acceptors (Lipinski definition) is 4. The molecule has 0 radical (unpaired) electrons. The van der Waals surface area contributed by atoms with Gasteiger partial charge in [-0.2, -0.15) is 0 Å². The molecule has 20 heavy (non-hydrogen) atoms. The van der Waals surface area contributed by atoms with Crippen molar-refractivity contribution < 1.29 is 4.92 Å². The first-order valence-corrected chi connectivity index (χ1v) is 6.58. The number of fused-ring (bicyclic) bond motifs is 1. The number of nitrogens with one attached hydrogen (secondary N) is 1. The molecule has 2 aromatic rings. The van der Waals surface area contributed by atoms with Crippen molar-refractivity contribution in [3.05, 3.63) is 63.3 Å². The molecule has 5 nitrogen and oxygen atoms in total. The Balaban J connectivity index is 1.68. The quantitative estimate of drug-likeness (QED) is 0.684. The van der Waals surface area contributed by atoms with Crippen molar-refractivity contribution in [3.8, 4) is 0 Å².